The number of ether oxygens (including phenoxy) is 1. The van der Waals surface area contributed by atoms with Gasteiger partial charge in [0.2, 0.25) is 5.88 Å². The first-order valence-electron chi connectivity index (χ1n) is 6.46. The van der Waals surface area contributed by atoms with E-state index in [1.165, 1.54) is 18.3 Å². The highest BCUT2D eigenvalue weighted by Crippen LogP contribution is 2.33. The second kappa shape index (κ2) is 4.97. The van der Waals surface area contributed by atoms with Gasteiger partial charge in [0.05, 0.1) is 5.56 Å². The van der Waals surface area contributed by atoms with Gasteiger partial charge in [0, 0.05) is 37.4 Å². The Balaban J connectivity index is 1.69. The average molecular weight is 283 g/mol. The maximum atomic E-state index is 12.4. The summed E-state index contributed by atoms with van der Waals surface area (Å²) in [5, 5.41) is 0. The maximum Gasteiger partial charge on any atom is 0.388 e. The zero-order chi connectivity index (χ0) is 14.3. The number of piperidine rings is 1. The monoisotopic (exact) mass is 283 g/mol. The summed E-state index contributed by atoms with van der Waals surface area (Å²) in [4.78, 5) is 20.2. The van der Waals surface area contributed by atoms with Gasteiger partial charge in [-0.1, -0.05) is 0 Å². The predicted molar refractivity (Wildman–Crippen MR) is 66.7 cm³/mol. The fraction of sp³-hybridized carbons (Fsp3) is 0.538. The molecule has 3 saturated heterocycles. The second-order valence-electron chi connectivity index (χ2n) is 5.24. The smallest absolute Gasteiger partial charge is 0.388 e. The SMILES string of the molecule is CN1CC2CC(C1)N2C(=O)c1ccc(OC(F)F)nc1. The van der Waals surface area contributed by atoms with Gasteiger partial charge in [-0.05, 0) is 19.5 Å². The average Bonchev–Trinajstić information content (AvgIpc) is 2.38. The van der Waals surface area contributed by atoms with Crippen molar-refractivity contribution in [3.05, 3.63) is 23.9 Å². The van der Waals surface area contributed by atoms with E-state index in [1.807, 2.05) is 11.9 Å². The van der Waals surface area contributed by atoms with Crippen LogP contribution in [0.5, 0.6) is 5.88 Å². The standard InChI is InChI=1S/C13H15F2N3O2/c1-17-6-9-4-10(7-17)18(9)12(19)8-2-3-11(16-5-8)20-13(14)15/h2-3,5,9-10,13H,4,6-7H2,1H3. The molecule has 5 nitrogen and oxygen atoms in total. The Labute approximate surface area is 115 Å². The zero-order valence-corrected chi connectivity index (χ0v) is 11.0. The first kappa shape index (κ1) is 13.2. The van der Waals surface area contributed by atoms with Crippen molar-refractivity contribution in [2.45, 2.75) is 25.1 Å². The van der Waals surface area contributed by atoms with Gasteiger partial charge in [-0.25, -0.2) is 4.98 Å². The van der Waals surface area contributed by atoms with Crippen LogP contribution >= 0.6 is 0 Å². The summed E-state index contributed by atoms with van der Waals surface area (Å²) >= 11 is 0. The Kier molecular flexibility index (Phi) is 3.29. The van der Waals surface area contributed by atoms with E-state index < -0.39 is 6.61 Å². The van der Waals surface area contributed by atoms with E-state index in [9.17, 15) is 13.6 Å². The molecule has 0 radical (unpaired) electrons. The van der Waals surface area contributed by atoms with Crippen LogP contribution in [0.3, 0.4) is 0 Å². The number of fused-ring (bicyclic) bond motifs is 2. The van der Waals surface area contributed by atoms with Gasteiger partial charge in [0.1, 0.15) is 0 Å². The van der Waals surface area contributed by atoms with E-state index in [1.54, 1.807) is 0 Å². The number of carbonyl (C=O) groups excluding carboxylic acids is 1. The maximum absolute atomic E-state index is 12.4. The van der Waals surface area contributed by atoms with Crippen molar-refractivity contribution in [2.24, 2.45) is 0 Å². The number of carbonyl (C=O) groups is 1. The Hall–Kier alpha value is -1.76. The third-order valence-corrected chi connectivity index (χ3v) is 3.80. The van der Waals surface area contributed by atoms with Crippen LogP contribution in [0.25, 0.3) is 0 Å². The molecule has 20 heavy (non-hydrogen) atoms. The summed E-state index contributed by atoms with van der Waals surface area (Å²) in [5.41, 5.74) is 0.408. The molecule has 7 heteroatoms. The van der Waals surface area contributed by atoms with Crippen LogP contribution in [-0.2, 0) is 0 Å². The van der Waals surface area contributed by atoms with Crippen molar-refractivity contribution >= 4 is 5.91 Å². The van der Waals surface area contributed by atoms with E-state index >= 15 is 0 Å². The van der Waals surface area contributed by atoms with Crippen LogP contribution in [0.15, 0.2) is 18.3 Å². The zero-order valence-electron chi connectivity index (χ0n) is 11.0. The highest BCUT2D eigenvalue weighted by molar-refractivity contribution is 5.95. The van der Waals surface area contributed by atoms with Gasteiger partial charge >= 0.3 is 6.61 Å². The molecule has 2 bridgehead atoms. The van der Waals surface area contributed by atoms with E-state index in [2.05, 4.69) is 14.6 Å². The first-order chi connectivity index (χ1) is 9.54. The van der Waals surface area contributed by atoms with Crippen molar-refractivity contribution in [1.29, 1.82) is 0 Å². The summed E-state index contributed by atoms with van der Waals surface area (Å²) in [5.74, 6) is -0.268. The number of pyridine rings is 1. The van der Waals surface area contributed by atoms with Crippen molar-refractivity contribution in [2.75, 3.05) is 20.1 Å². The van der Waals surface area contributed by atoms with Crippen LogP contribution in [-0.4, -0.2) is 59.5 Å². The number of hydrogen-bond donors (Lipinski definition) is 0. The lowest BCUT2D eigenvalue weighted by molar-refractivity contribution is -0.0528. The normalized spacial score (nSPS) is 25.5. The summed E-state index contributed by atoms with van der Waals surface area (Å²) < 4.78 is 28.2. The number of rotatable bonds is 3. The molecule has 1 amide bonds. The molecule has 1 aromatic heterocycles. The van der Waals surface area contributed by atoms with Crippen LogP contribution in [0.4, 0.5) is 8.78 Å². The topological polar surface area (TPSA) is 45.7 Å². The molecule has 108 valence electrons. The number of likely N-dealkylation sites (N-methyl/N-ethyl adjacent to an activating group) is 1. The van der Waals surface area contributed by atoms with Crippen LogP contribution in [0, 0.1) is 0 Å². The molecular formula is C13H15F2N3O2. The summed E-state index contributed by atoms with van der Waals surface area (Å²) in [6.45, 7) is -1.15. The molecule has 0 aromatic carbocycles. The quantitative estimate of drug-likeness (QED) is 0.836. The van der Waals surface area contributed by atoms with E-state index in [0.717, 1.165) is 19.5 Å². The Bertz CT molecular complexity index is 497. The highest BCUT2D eigenvalue weighted by Gasteiger charge is 2.46. The van der Waals surface area contributed by atoms with Gasteiger partial charge in [0.15, 0.2) is 0 Å². The number of hydrogen-bond acceptors (Lipinski definition) is 4. The number of aromatic nitrogens is 1. The van der Waals surface area contributed by atoms with Gasteiger partial charge in [0.25, 0.3) is 5.91 Å². The molecule has 0 aliphatic carbocycles. The number of alkyl halides is 2. The fourth-order valence-corrected chi connectivity index (χ4v) is 2.97. The molecular weight excluding hydrogens is 268 g/mol. The fourth-order valence-electron chi connectivity index (χ4n) is 2.97. The van der Waals surface area contributed by atoms with Crippen molar-refractivity contribution in [1.82, 2.24) is 14.8 Å². The van der Waals surface area contributed by atoms with Crippen molar-refractivity contribution < 1.29 is 18.3 Å². The molecule has 2 unspecified atom stereocenters. The molecule has 0 spiro atoms. The molecule has 2 atom stereocenters. The Morgan fingerprint density at radius 2 is 2.10 bits per heavy atom. The largest absolute Gasteiger partial charge is 0.417 e. The number of nitrogens with zero attached hydrogens (tertiary/aromatic N) is 3. The van der Waals surface area contributed by atoms with Crippen LogP contribution < -0.4 is 4.74 Å². The minimum absolute atomic E-state index is 0.0875. The van der Waals surface area contributed by atoms with Gasteiger partial charge < -0.3 is 14.5 Å². The third-order valence-electron chi connectivity index (χ3n) is 3.80. The summed E-state index contributed by atoms with van der Waals surface area (Å²) in [6.07, 6.45) is 2.33. The molecule has 0 N–H and O–H groups in total. The minimum Gasteiger partial charge on any atom is -0.417 e. The Morgan fingerprint density at radius 3 is 2.65 bits per heavy atom. The number of piperazine rings is 1. The van der Waals surface area contributed by atoms with Crippen LogP contribution in [0.2, 0.25) is 0 Å². The molecule has 3 aliphatic rings. The lowest BCUT2D eigenvalue weighted by Crippen LogP contribution is -2.69. The molecule has 0 saturated carbocycles. The molecule has 4 rings (SSSR count). The summed E-state index contributed by atoms with van der Waals surface area (Å²) in [6, 6.07) is 3.28. The lowest BCUT2D eigenvalue weighted by atomic mass is 9.87. The molecule has 4 heterocycles. The van der Waals surface area contributed by atoms with Crippen molar-refractivity contribution in [3.63, 3.8) is 0 Å². The van der Waals surface area contributed by atoms with Gasteiger partial charge in [-0.15, -0.1) is 0 Å². The molecule has 1 aromatic rings. The third kappa shape index (κ3) is 2.33. The minimum atomic E-state index is -2.91. The van der Waals surface area contributed by atoms with E-state index in [4.69, 9.17) is 0 Å². The lowest BCUT2D eigenvalue weighted by Gasteiger charge is -2.55. The number of amides is 1. The molecule has 3 aliphatic heterocycles. The predicted octanol–water partition coefficient (Wildman–Crippen LogP) is 1.21. The Morgan fingerprint density at radius 1 is 1.40 bits per heavy atom. The van der Waals surface area contributed by atoms with Gasteiger partial charge in [-0.3, -0.25) is 4.79 Å². The van der Waals surface area contributed by atoms with Crippen molar-refractivity contribution in [3.8, 4) is 5.88 Å². The molecule has 3 fully saturated rings. The highest BCUT2D eigenvalue weighted by atomic mass is 19.3. The van der Waals surface area contributed by atoms with E-state index in [-0.39, 0.29) is 23.9 Å². The van der Waals surface area contributed by atoms with Crippen LogP contribution in [0.1, 0.15) is 16.8 Å². The summed E-state index contributed by atoms with van der Waals surface area (Å²) in [7, 11) is 2.04. The van der Waals surface area contributed by atoms with Gasteiger partial charge in [-0.2, -0.15) is 8.78 Å². The second-order valence-corrected chi connectivity index (χ2v) is 5.24. The van der Waals surface area contributed by atoms with E-state index in [0.29, 0.717) is 5.56 Å². The first-order valence-corrected chi connectivity index (χ1v) is 6.46. The number of halogens is 2.